The van der Waals surface area contributed by atoms with Crippen LogP contribution in [0, 0.1) is 6.92 Å². The van der Waals surface area contributed by atoms with Crippen molar-refractivity contribution in [1.82, 2.24) is 10.6 Å². The number of hydrogen-bond acceptors (Lipinski definition) is 5. The molecule has 2 N–H and O–H groups in total. The van der Waals surface area contributed by atoms with Gasteiger partial charge in [-0.3, -0.25) is 20.2 Å². The van der Waals surface area contributed by atoms with Crippen LogP contribution in [0.25, 0.3) is 16.8 Å². The van der Waals surface area contributed by atoms with Gasteiger partial charge in [0.2, 0.25) is 0 Å². The largest absolute Gasteiger partial charge is 0.422 e. The van der Waals surface area contributed by atoms with Crippen LogP contribution in [0.5, 0.6) is 5.75 Å². The summed E-state index contributed by atoms with van der Waals surface area (Å²) in [5, 5.41) is 6.36. The van der Waals surface area contributed by atoms with E-state index in [4.69, 9.17) is 17.0 Å². The van der Waals surface area contributed by atoms with E-state index in [9.17, 15) is 14.4 Å². The Hall–Kier alpha value is -3.84. The van der Waals surface area contributed by atoms with Crippen LogP contribution in [-0.2, 0) is 9.59 Å². The molecule has 0 radical (unpaired) electrons. The number of ether oxygens (including phenoxy) is 1. The Labute approximate surface area is 177 Å². The lowest BCUT2D eigenvalue weighted by atomic mass is 10.00. The standard InChI is InChI=1S/C23H16N2O4S/c1-13-6-2-4-8-15(13)22(28)29-19-11-10-14-7-3-5-9-16(14)17(19)12-18-20(26)24-23(30)25-21(18)27/h2-12H,1H3,(H2,24,25,26,27,30). The summed E-state index contributed by atoms with van der Waals surface area (Å²) >= 11 is 4.84. The molecule has 1 heterocycles. The van der Waals surface area contributed by atoms with E-state index in [1.807, 2.05) is 49.4 Å². The first-order valence-corrected chi connectivity index (χ1v) is 9.53. The van der Waals surface area contributed by atoms with Gasteiger partial charge in [-0.2, -0.15) is 0 Å². The zero-order valence-corrected chi connectivity index (χ0v) is 16.7. The van der Waals surface area contributed by atoms with Gasteiger partial charge in [0.05, 0.1) is 5.56 Å². The van der Waals surface area contributed by atoms with Gasteiger partial charge in [-0.1, -0.05) is 48.5 Å². The van der Waals surface area contributed by atoms with E-state index >= 15 is 0 Å². The average Bonchev–Trinajstić information content (AvgIpc) is 2.72. The molecule has 0 bridgehead atoms. The smallest absolute Gasteiger partial charge is 0.343 e. The van der Waals surface area contributed by atoms with E-state index in [-0.39, 0.29) is 16.4 Å². The monoisotopic (exact) mass is 416 g/mol. The lowest BCUT2D eigenvalue weighted by Gasteiger charge is -2.17. The Morgan fingerprint density at radius 3 is 2.33 bits per heavy atom. The predicted octanol–water partition coefficient (Wildman–Crippen LogP) is 3.28. The molecule has 30 heavy (non-hydrogen) atoms. The molecule has 3 aromatic carbocycles. The van der Waals surface area contributed by atoms with E-state index in [2.05, 4.69) is 10.6 Å². The van der Waals surface area contributed by atoms with Crippen LogP contribution in [0.15, 0.2) is 66.2 Å². The molecule has 148 valence electrons. The molecule has 1 aliphatic heterocycles. The Bertz CT molecular complexity index is 1240. The highest BCUT2D eigenvalue weighted by Crippen LogP contribution is 2.31. The maximum Gasteiger partial charge on any atom is 0.343 e. The Balaban J connectivity index is 1.83. The molecule has 0 atom stereocenters. The van der Waals surface area contributed by atoms with Crippen molar-refractivity contribution in [1.29, 1.82) is 0 Å². The molecule has 2 amide bonds. The summed E-state index contributed by atoms with van der Waals surface area (Å²) in [7, 11) is 0. The second-order valence-corrected chi connectivity index (χ2v) is 7.11. The maximum absolute atomic E-state index is 12.8. The minimum Gasteiger partial charge on any atom is -0.422 e. The first-order chi connectivity index (χ1) is 14.4. The molecular formula is C23H16N2O4S. The van der Waals surface area contributed by atoms with E-state index in [0.29, 0.717) is 11.1 Å². The number of hydrogen-bond donors (Lipinski definition) is 2. The Morgan fingerprint density at radius 2 is 1.60 bits per heavy atom. The highest BCUT2D eigenvalue weighted by atomic mass is 32.1. The number of fused-ring (bicyclic) bond motifs is 1. The number of thiocarbonyl (C=S) groups is 1. The topological polar surface area (TPSA) is 84.5 Å². The highest BCUT2D eigenvalue weighted by molar-refractivity contribution is 7.80. The molecule has 4 rings (SSSR count). The van der Waals surface area contributed by atoms with Crippen molar-refractivity contribution in [2.24, 2.45) is 0 Å². The molecular weight excluding hydrogens is 400 g/mol. The van der Waals surface area contributed by atoms with Crippen LogP contribution >= 0.6 is 12.2 Å². The van der Waals surface area contributed by atoms with Gasteiger partial charge in [0, 0.05) is 5.56 Å². The lowest BCUT2D eigenvalue weighted by Crippen LogP contribution is -2.51. The minimum absolute atomic E-state index is 0.0497. The van der Waals surface area contributed by atoms with Gasteiger partial charge in [-0.05, 0) is 53.7 Å². The summed E-state index contributed by atoms with van der Waals surface area (Å²) in [5.74, 6) is -1.52. The molecule has 0 saturated carbocycles. The minimum atomic E-state index is -0.618. The van der Waals surface area contributed by atoms with Gasteiger partial charge in [-0.25, -0.2) is 4.79 Å². The van der Waals surface area contributed by atoms with Crippen molar-refractivity contribution in [2.45, 2.75) is 6.92 Å². The molecule has 0 aliphatic carbocycles. The van der Waals surface area contributed by atoms with Crippen molar-refractivity contribution in [3.8, 4) is 5.75 Å². The quantitative estimate of drug-likeness (QED) is 0.225. The highest BCUT2D eigenvalue weighted by Gasteiger charge is 2.27. The van der Waals surface area contributed by atoms with Crippen molar-refractivity contribution < 1.29 is 19.1 Å². The third-order valence-corrected chi connectivity index (χ3v) is 4.93. The Morgan fingerprint density at radius 1 is 0.933 bits per heavy atom. The van der Waals surface area contributed by atoms with Crippen LogP contribution in [0.1, 0.15) is 21.5 Å². The molecule has 0 aromatic heterocycles. The molecule has 1 aliphatic rings. The zero-order chi connectivity index (χ0) is 21.3. The number of carbonyl (C=O) groups excluding carboxylic acids is 3. The van der Waals surface area contributed by atoms with E-state index in [1.54, 1.807) is 18.2 Å². The molecule has 6 nitrogen and oxygen atoms in total. The molecule has 1 fully saturated rings. The number of aryl methyl sites for hydroxylation is 1. The van der Waals surface area contributed by atoms with Crippen LogP contribution in [0.2, 0.25) is 0 Å². The first-order valence-electron chi connectivity index (χ1n) is 9.12. The van der Waals surface area contributed by atoms with E-state index in [0.717, 1.165) is 16.3 Å². The van der Waals surface area contributed by atoms with Gasteiger partial charge in [0.1, 0.15) is 11.3 Å². The van der Waals surface area contributed by atoms with Gasteiger partial charge >= 0.3 is 5.97 Å². The summed E-state index contributed by atoms with van der Waals surface area (Å²) in [4.78, 5) is 37.4. The van der Waals surface area contributed by atoms with Crippen LogP contribution in [-0.4, -0.2) is 22.9 Å². The summed E-state index contributed by atoms with van der Waals surface area (Å²) in [6.45, 7) is 1.82. The molecule has 0 unspecified atom stereocenters. The van der Waals surface area contributed by atoms with E-state index < -0.39 is 17.8 Å². The number of rotatable bonds is 3. The fourth-order valence-electron chi connectivity index (χ4n) is 3.22. The van der Waals surface area contributed by atoms with Crippen molar-refractivity contribution in [2.75, 3.05) is 0 Å². The molecule has 3 aromatic rings. The fraction of sp³-hybridized carbons (Fsp3) is 0.0435. The normalized spacial score (nSPS) is 13.6. The molecule has 0 spiro atoms. The third-order valence-electron chi connectivity index (χ3n) is 4.73. The number of esters is 1. The number of carbonyl (C=O) groups is 3. The van der Waals surface area contributed by atoms with Crippen molar-refractivity contribution >= 4 is 52.0 Å². The number of amides is 2. The van der Waals surface area contributed by atoms with Gasteiger partial charge in [0.25, 0.3) is 11.8 Å². The second-order valence-electron chi connectivity index (χ2n) is 6.70. The number of benzene rings is 3. The summed E-state index contributed by atoms with van der Waals surface area (Å²) in [6.07, 6.45) is 1.41. The maximum atomic E-state index is 12.8. The molecule has 1 saturated heterocycles. The summed E-state index contributed by atoms with van der Waals surface area (Å²) in [5.41, 5.74) is 1.53. The fourth-order valence-corrected chi connectivity index (χ4v) is 3.41. The third kappa shape index (κ3) is 3.70. The predicted molar refractivity (Wildman–Crippen MR) is 117 cm³/mol. The van der Waals surface area contributed by atoms with Gasteiger partial charge in [-0.15, -0.1) is 0 Å². The zero-order valence-electron chi connectivity index (χ0n) is 15.9. The Kier molecular flexibility index (Phi) is 5.12. The lowest BCUT2D eigenvalue weighted by molar-refractivity contribution is -0.123. The van der Waals surface area contributed by atoms with E-state index in [1.165, 1.54) is 6.08 Å². The van der Waals surface area contributed by atoms with Crippen molar-refractivity contribution in [3.05, 3.63) is 82.9 Å². The second kappa shape index (κ2) is 7.88. The molecule has 7 heteroatoms. The van der Waals surface area contributed by atoms with Crippen LogP contribution in [0.4, 0.5) is 0 Å². The van der Waals surface area contributed by atoms with Crippen LogP contribution < -0.4 is 15.4 Å². The van der Waals surface area contributed by atoms with Gasteiger partial charge < -0.3 is 4.74 Å². The SMILES string of the molecule is Cc1ccccc1C(=O)Oc1ccc2ccccc2c1C=C1C(=O)NC(=S)NC1=O. The number of nitrogens with one attached hydrogen (secondary N) is 2. The summed E-state index contributed by atoms with van der Waals surface area (Å²) < 4.78 is 5.68. The van der Waals surface area contributed by atoms with Gasteiger partial charge in [0.15, 0.2) is 5.11 Å². The van der Waals surface area contributed by atoms with Crippen molar-refractivity contribution in [3.63, 3.8) is 0 Å². The summed E-state index contributed by atoms with van der Waals surface area (Å²) in [6, 6.07) is 18.0. The first kappa shape index (κ1) is 19.5. The van der Waals surface area contributed by atoms with Crippen LogP contribution in [0.3, 0.4) is 0 Å². The average molecular weight is 416 g/mol.